The molecular formula is C11H9N3O4S. The molecule has 0 atom stereocenters. The first kappa shape index (κ1) is 13.0. The summed E-state index contributed by atoms with van der Waals surface area (Å²) in [5, 5.41) is 15.0. The third-order valence-corrected chi connectivity index (χ3v) is 3.01. The maximum atomic E-state index is 11.8. The van der Waals surface area contributed by atoms with Crippen LogP contribution in [0, 0.1) is 6.92 Å². The number of anilines is 1. The molecule has 0 saturated carbocycles. The minimum atomic E-state index is -1.04. The number of aryl methyl sites for hydroxylation is 1. The molecule has 8 heteroatoms. The van der Waals surface area contributed by atoms with Crippen molar-refractivity contribution >= 4 is 34.4 Å². The minimum absolute atomic E-state index is 0.331. The topological polar surface area (TPSA) is 105 Å². The normalized spacial score (nSPS) is 10.8. The number of aliphatic carboxylic acids is 1. The fourth-order valence-corrected chi connectivity index (χ4v) is 1.97. The summed E-state index contributed by atoms with van der Waals surface area (Å²) in [5.74, 6) is -0.999. The van der Waals surface area contributed by atoms with Gasteiger partial charge in [0, 0.05) is 17.2 Å². The number of nitrogens with one attached hydrogen (secondary N) is 1. The number of rotatable bonds is 4. The van der Waals surface area contributed by atoms with Gasteiger partial charge in [0.1, 0.15) is 11.3 Å². The van der Waals surface area contributed by atoms with Crippen LogP contribution < -0.4 is 5.32 Å². The SMILES string of the molecule is Cc1oncc1C(=O)Nc1ncc(C=CC(=O)O)s1. The van der Waals surface area contributed by atoms with E-state index in [1.165, 1.54) is 18.5 Å². The molecule has 0 unspecified atom stereocenters. The Bertz CT molecular complexity index is 644. The molecular weight excluding hydrogens is 270 g/mol. The maximum absolute atomic E-state index is 11.8. The Balaban J connectivity index is 2.06. The van der Waals surface area contributed by atoms with Gasteiger partial charge >= 0.3 is 5.97 Å². The van der Waals surface area contributed by atoms with Crippen molar-refractivity contribution in [1.82, 2.24) is 10.1 Å². The van der Waals surface area contributed by atoms with Crippen LogP contribution in [0.15, 0.2) is 23.0 Å². The zero-order chi connectivity index (χ0) is 13.8. The third-order valence-electron chi connectivity index (χ3n) is 2.13. The van der Waals surface area contributed by atoms with Crippen LogP contribution in [0.4, 0.5) is 5.13 Å². The second-order valence-corrected chi connectivity index (χ2v) is 4.55. The fourth-order valence-electron chi connectivity index (χ4n) is 1.26. The van der Waals surface area contributed by atoms with Gasteiger partial charge in [-0.05, 0) is 13.0 Å². The second kappa shape index (κ2) is 5.44. The first-order valence-electron chi connectivity index (χ1n) is 5.15. The summed E-state index contributed by atoms with van der Waals surface area (Å²) in [5.41, 5.74) is 0.331. The summed E-state index contributed by atoms with van der Waals surface area (Å²) in [6.45, 7) is 1.63. The number of amides is 1. The Morgan fingerprint density at radius 2 is 2.26 bits per heavy atom. The number of nitrogens with zero attached hydrogens (tertiary/aromatic N) is 2. The van der Waals surface area contributed by atoms with Crippen molar-refractivity contribution in [3.05, 3.63) is 34.7 Å². The number of carboxylic acids is 1. The van der Waals surface area contributed by atoms with Gasteiger partial charge in [0.05, 0.1) is 6.20 Å². The lowest BCUT2D eigenvalue weighted by Gasteiger charge is -1.97. The van der Waals surface area contributed by atoms with Crippen molar-refractivity contribution in [1.29, 1.82) is 0 Å². The molecule has 2 aromatic rings. The lowest BCUT2D eigenvalue weighted by Crippen LogP contribution is -2.11. The zero-order valence-corrected chi connectivity index (χ0v) is 10.6. The Kier molecular flexibility index (Phi) is 3.71. The van der Waals surface area contributed by atoms with Gasteiger partial charge in [-0.2, -0.15) is 0 Å². The van der Waals surface area contributed by atoms with Gasteiger partial charge in [-0.25, -0.2) is 9.78 Å². The van der Waals surface area contributed by atoms with Crippen LogP contribution in [0.3, 0.4) is 0 Å². The second-order valence-electron chi connectivity index (χ2n) is 3.49. The molecule has 2 heterocycles. The predicted octanol–water partition coefficient (Wildman–Crippen LogP) is 1.79. The van der Waals surface area contributed by atoms with Gasteiger partial charge in [-0.15, -0.1) is 0 Å². The van der Waals surface area contributed by atoms with E-state index in [0.717, 1.165) is 17.4 Å². The van der Waals surface area contributed by atoms with E-state index in [-0.39, 0.29) is 5.91 Å². The van der Waals surface area contributed by atoms with Crippen molar-refractivity contribution in [3.8, 4) is 0 Å². The maximum Gasteiger partial charge on any atom is 0.328 e. The van der Waals surface area contributed by atoms with Gasteiger partial charge in [0.15, 0.2) is 5.13 Å². The molecule has 0 aromatic carbocycles. The molecule has 2 aromatic heterocycles. The average Bonchev–Trinajstić information content (AvgIpc) is 2.95. The summed E-state index contributed by atoms with van der Waals surface area (Å²) >= 11 is 1.16. The Morgan fingerprint density at radius 3 is 2.89 bits per heavy atom. The van der Waals surface area contributed by atoms with Crippen molar-refractivity contribution in [2.75, 3.05) is 5.32 Å². The van der Waals surface area contributed by atoms with Crippen molar-refractivity contribution in [3.63, 3.8) is 0 Å². The molecule has 0 radical (unpaired) electrons. The van der Waals surface area contributed by atoms with E-state index >= 15 is 0 Å². The Labute approximate surface area is 111 Å². The smallest absolute Gasteiger partial charge is 0.328 e. The Hall–Kier alpha value is -2.48. The lowest BCUT2D eigenvalue weighted by atomic mass is 10.3. The highest BCUT2D eigenvalue weighted by molar-refractivity contribution is 7.16. The molecule has 0 aliphatic heterocycles. The van der Waals surface area contributed by atoms with E-state index in [0.29, 0.717) is 21.3 Å². The van der Waals surface area contributed by atoms with Crippen molar-refractivity contribution in [2.24, 2.45) is 0 Å². The monoisotopic (exact) mass is 279 g/mol. The van der Waals surface area contributed by atoms with Gasteiger partial charge in [0.2, 0.25) is 0 Å². The largest absolute Gasteiger partial charge is 0.478 e. The number of hydrogen-bond donors (Lipinski definition) is 2. The molecule has 19 heavy (non-hydrogen) atoms. The molecule has 0 fully saturated rings. The predicted molar refractivity (Wildman–Crippen MR) is 68.0 cm³/mol. The van der Waals surface area contributed by atoms with Crippen LogP contribution in [-0.4, -0.2) is 27.1 Å². The number of carboxylic acid groups (broad SMARTS) is 1. The quantitative estimate of drug-likeness (QED) is 0.826. The molecule has 2 rings (SSSR count). The highest BCUT2D eigenvalue weighted by Crippen LogP contribution is 2.20. The number of aromatic nitrogens is 2. The molecule has 0 bridgehead atoms. The van der Waals surface area contributed by atoms with Crippen LogP contribution in [-0.2, 0) is 4.79 Å². The van der Waals surface area contributed by atoms with Crippen LogP contribution in [0.5, 0.6) is 0 Å². The standard InChI is InChI=1S/C11H9N3O4S/c1-6-8(5-13-18-6)10(17)14-11-12-4-7(19-11)2-3-9(15)16/h2-5H,1H3,(H,15,16)(H,12,14,17). The van der Waals surface area contributed by atoms with Crippen LogP contribution in [0.2, 0.25) is 0 Å². The van der Waals surface area contributed by atoms with Crippen LogP contribution in [0.25, 0.3) is 6.08 Å². The van der Waals surface area contributed by atoms with Crippen LogP contribution in [0.1, 0.15) is 21.0 Å². The minimum Gasteiger partial charge on any atom is -0.478 e. The Morgan fingerprint density at radius 1 is 1.47 bits per heavy atom. The molecule has 7 nitrogen and oxygen atoms in total. The molecule has 0 aliphatic carbocycles. The lowest BCUT2D eigenvalue weighted by molar-refractivity contribution is -0.131. The number of thiazole rings is 1. The highest BCUT2D eigenvalue weighted by atomic mass is 32.1. The number of carbonyl (C=O) groups excluding carboxylic acids is 1. The van der Waals surface area contributed by atoms with Gasteiger partial charge in [-0.1, -0.05) is 16.5 Å². The summed E-state index contributed by atoms with van der Waals surface area (Å²) in [7, 11) is 0. The summed E-state index contributed by atoms with van der Waals surface area (Å²) in [6.07, 6.45) is 5.20. The van der Waals surface area contributed by atoms with Gasteiger partial charge in [0.25, 0.3) is 5.91 Å². The van der Waals surface area contributed by atoms with Crippen molar-refractivity contribution in [2.45, 2.75) is 6.92 Å². The molecule has 0 aliphatic rings. The number of carbonyl (C=O) groups is 2. The molecule has 0 saturated heterocycles. The molecule has 1 amide bonds. The van der Waals surface area contributed by atoms with Gasteiger partial charge in [-0.3, -0.25) is 10.1 Å². The third kappa shape index (κ3) is 3.26. The summed E-state index contributed by atoms with van der Waals surface area (Å²) < 4.78 is 4.79. The van der Waals surface area contributed by atoms with Crippen molar-refractivity contribution < 1.29 is 19.2 Å². The molecule has 2 N–H and O–H groups in total. The zero-order valence-electron chi connectivity index (χ0n) is 9.78. The van der Waals surface area contributed by atoms with E-state index in [1.807, 2.05) is 0 Å². The first-order valence-corrected chi connectivity index (χ1v) is 5.97. The van der Waals surface area contributed by atoms with E-state index in [9.17, 15) is 9.59 Å². The van der Waals surface area contributed by atoms with E-state index in [1.54, 1.807) is 6.92 Å². The number of hydrogen-bond acceptors (Lipinski definition) is 6. The van der Waals surface area contributed by atoms with E-state index in [4.69, 9.17) is 9.63 Å². The van der Waals surface area contributed by atoms with Gasteiger partial charge < -0.3 is 9.63 Å². The van der Waals surface area contributed by atoms with E-state index < -0.39 is 5.97 Å². The highest BCUT2D eigenvalue weighted by Gasteiger charge is 2.14. The van der Waals surface area contributed by atoms with Crippen LogP contribution >= 0.6 is 11.3 Å². The van der Waals surface area contributed by atoms with E-state index in [2.05, 4.69) is 15.5 Å². The summed E-state index contributed by atoms with van der Waals surface area (Å²) in [6, 6.07) is 0. The molecule has 98 valence electrons. The first-order chi connectivity index (χ1) is 9.06. The molecule has 0 spiro atoms. The average molecular weight is 279 g/mol. The summed E-state index contributed by atoms with van der Waals surface area (Å²) in [4.78, 5) is 26.8. The fraction of sp³-hybridized carbons (Fsp3) is 0.0909.